The van der Waals surface area contributed by atoms with Crippen LogP contribution in [0.3, 0.4) is 0 Å². The van der Waals surface area contributed by atoms with Gasteiger partial charge in [-0.2, -0.15) is 0 Å². The third kappa shape index (κ3) is 3.56. The Bertz CT molecular complexity index is 951. The number of ether oxygens (including phenoxy) is 2. The summed E-state index contributed by atoms with van der Waals surface area (Å²) in [6.45, 7) is 2.23. The van der Waals surface area contributed by atoms with E-state index in [0.29, 0.717) is 10.7 Å². The van der Waals surface area contributed by atoms with Crippen molar-refractivity contribution in [3.8, 4) is 11.5 Å². The van der Waals surface area contributed by atoms with Crippen LogP contribution < -0.4 is 14.8 Å². The molecule has 3 heterocycles. The Hall–Kier alpha value is -1.90. The van der Waals surface area contributed by atoms with Crippen molar-refractivity contribution in [2.45, 2.75) is 13.3 Å². The van der Waals surface area contributed by atoms with Crippen LogP contribution in [-0.4, -0.2) is 17.7 Å². The van der Waals surface area contributed by atoms with Crippen LogP contribution in [0.1, 0.15) is 26.5 Å². The third-order valence-corrected chi connectivity index (χ3v) is 6.32. The van der Waals surface area contributed by atoms with Gasteiger partial charge in [0.15, 0.2) is 16.6 Å². The number of nitrogens with one attached hydrogen (secondary N) is 1. The predicted molar refractivity (Wildman–Crippen MR) is 102 cm³/mol. The van der Waals surface area contributed by atoms with Gasteiger partial charge in [0.25, 0.3) is 5.91 Å². The molecule has 0 unspecified atom stereocenters. The van der Waals surface area contributed by atoms with Gasteiger partial charge in [0.05, 0.1) is 15.0 Å². The summed E-state index contributed by atoms with van der Waals surface area (Å²) in [6, 6.07) is 7.73. The number of hydrogen-bond donors (Lipinski definition) is 1. The van der Waals surface area contributed by atoms with E-state index in [1.165, 1.54) is 22.7 Å². The van der Waals surface area contributed by atoms with Gasteiger partial charge in [-0.15, -0.1) is 22.7 Å². The van der Waals surface area contributed by atoms with Crippen LogP contribution in [0.4, 0.5) is 5.13 Å². The van der Waals surface area contributed by atoms with Gasteiger partial charge in [-0.1, -0.05) is 6.07 Å². The Balaban J connectivity index is 1.49. The molecule has 1 N–H and O–H groups in total. The number of hydrogen-bond acceptors (Lipinski definition) is 6. The van der Waals surface area contributed by atoms with Crippen LogP contribution in [-0.2, 0) is 6.42 Å². The molecule has 0 fully saturated rings. The maximum absolute atomic E-state index is 12.2. The van der Waals surface area contributed by atoms with Gasteiger partial charge < -0.3 is 9.47 Å². The Labute approximate surface area is 160 Å². The number of fused-ring (bicyclic) bond motifs is 1. The number of carbonyl (C=O) groups is 1. The van der Waals surface area contributed by atoms with E-state index in [2.05, 4.69) is 26.2 Å². The monoisotopic (exact) mass is 436 g/mol. The van der Waals surface area contributed by atoms with Crippen LogP contribution in [0.25, 0.3) is 0 Å². The molecule has 25 heavy (non-hydrogen) atoms. The summed E-state index contributed by atoms with van der Waals surface area (Å²) in [7, 11) is 0. The van der Waals surface area contributed by atoms with Crippen LogP contribution >= 0.6 is 38.6 Å². The molecule has 3 aromatic rings. The highest BCUT2D eigenvalue weighted by Crippen LogP contribution is 2.34. The highest BCUT2D eigenvalue weighted by Gasteiger charge is 2.16. The van der Waals surface area contributed by atoms with Crippen LogP contribution in [0.15, 0.2) is 33.4 Å². The van der Waals surface area contributed by atoms with Gasteiger partial charge >= 0.3 is 0 Å². The molecule has 1 aliphatic rings. The van der Waals surface area contributed by atoms with E-state index < -0.39 is 0 Å². The van der Waals surface area contributed by atoms with E-state index in [-0.39, 0.29) is 12.7 Å². The minimum absolute atomic E-state index is 0.148. The van der Waals surface area contributed by atoms with E-state index in [4.69, 9.17) is 9.47 Å². The number of thiazole rings is 1. The second kappa shape index (κ2) is 6.78. The van der Waals surface area contributed by atoms with E-state index >= 15 is 0 Å². The molecule has 0 bridgehead atoms. The van der Waals surface area contributed by atoms with Crippen molar-refractivity contribution in [1.29, 1.82) is 0 Å². The molecule has 8 heteroatoms. The number of aryl methyl sites for hydroxylation is 1. The second-order valence-corrected chi connectivity index (χ2v) is 8.86. The van der Waals surface area contributed by atoms with Crippen molar-refractivity contribution in [3.05, 3.63) is 55.1 Å². The Kier molecular flexibility index (Phi) is 4.49. The molecule has 0 atom stereocenters. The molecule has 5 nitrogen and oxygen atoms in total. The normalized spacial score (nSPS) is 12.4. The number of benzene rings is 1. The largest absolute Gasteiger partial charge is 0.454 e. The van der Waals surface area contributed by atoms with E-state index in [0.717, 1.165) is 37.8 Å². The molecule has 128 valence electrons. The van der Waals surface area contributed by atoms with E-state index in [1.807, 2.05) is 30.5 Å². The van der Waals surface area contributed by atoms with Crippen molar-refractivity contribution < 1.29 is 14.3 Å². The van der Waals surface area contributed by atoms with Gasteiger partial charge in [0.1, 0.15) is 0 Å². The van der Waals surface area contributed by atoms with Crippen molar-refractivity contribution >= 4 is 49.6 Å². The first-order valence-electron chi connectivity index (χ1n) is 7.49. The van der Waals surface area contributed by atoms with Gasteiger partial charge in [-0.3, -0.25) is 10.1 Å². The van der Waals surface area contributed by atoms with Gasteiger partial charge in [-0.25, -0.2) is 4.98 Å². The molecule has 1 aromatic carbocycles. The first-order chi connectivity index (χ1) is 12.1. The third-order valence-electron chi connectivity index (χ3n) is 3.74. The first-order valence-corrected chi connectivity index (χ1v) is 9.97. The first kappa shape index (κ1) is 16.6. The molecule has 0 saturated heterocycles. The molecule has 0 radical (unpaired) electrons. The van der Waals surface area contributed by atoms with Crippen molar-refractivity contribution in [1.82, 2.24) is 4.98 Å². The zero-order valence-electron chi connectivity index (χ0n) is 13.2. The smallest absolute Gasteiger partial charge is 0.258 e. The summed E-state index contributed by atoms with van der Waals surface area (Å²) in [6.07, 6.45) is 0.736. The lowest BCUT2D eigenvalue weighted by Crippen LogP contribution is -2.10. The van der Waals surface area contributed by atoms with Crippen LogP contribution in [0.5, 0.6) is 11.5 Å². The number of thiophene rings is 1. The van der Waals surface area contributed by atoms with Crippen molar-refractivity contribution in [3.63, 3.8) is 0 Å². The standard InChI is InChI=1S/C17H13BrN2O3S2/c1-9-14(5-10-2-3-12-13(4-10)23-8-22-12)25-17(19-9)20-16(21)11-6-15(18)24-7-11/h2-4,6-7H,5,8H2,1H3,(H,19,20,21). The molecule has 4 rings (SSSR count). The summed E-state index contributed by atoms with van der Waals surface area (Å²) >= 11 is 6.34. The highest BCUT2D eigenvalue weighted by atomic mass is 79.9. The summed E-state index contributed by atoms with van der Waals surface area (Å²) in [5.41, 5.74) is 2.67. The van der Waals surface area contributed by atoms with Crippen molar-refractivity contribution in [2.24, 2.45) is 0 Å². The quantitative estimate of drug-likeness (QED) is 0.634. The molecule has 1 amide bonds. The maximum atomic E-state index is 12.2. The topological polar surface area (TPSA) is 60.5 Å². The van der Waals surface area contributed by atoms with Crippen LogP contribution in [0, 0.1) is 6.92 Å². The average Bonchev–Trinajstić information content (AvgIpc) is 3.28. The van der Waals surface area contributed by atoms with E-state index in [1.54, 1.807) is 6.07 Å². The fourth-order valence-corrected chi connectivity index (χ4v) is 4.61. The van der Waals surface area contributed by atoms with Gasteiger partial charge in [0.2, 0.25) is 6.79 Å². The summed E-state index contributed by atoms with van der Waals surface area (Å²) < 4.78 is 11.7. The molecule has 0 aliphatic carbocycles. The number of anilines is 1. The number of halogens is 1. The lowest BCUT2D eigenvalue weighted by molar-refractivity contribution is 0.102. The fourth-order valence-electron chi connectivity index (χ4n) is 2.48. The Morgan fingerprint density at radius 1 is 1.32 bits per heavy atom. The molecule has 0 saturated carbocycles. The zero-order valence-corrected chi connectivity index (χ0v) is 16.4. The van der Waals surface area contributed by atoms with Crippen molar-refractivity contribution in [2.75, 3.05) is 12.1 Å². The van der Waals surface area contributed by atoms with Crippen LogP contribution in [0.2, 0.25) is 0 Å². The molecular weight excluding hydrogens is 424 g/mol. The molecule has 2 aromatic heterocycles. The summed E-state index contributed by atoms with van der Waals surface area (Å²) in [5.74, 6) is 1.40. The highest BCUT2D eigenvalue weighted by molar-refractivity contribution is 9.11. The molecule has 0 spiro atoms. The number of nitrogens with zero attached hydrogens (tertiary/aromatic N) is 1. The van der Waals surface area contributed by atoms with Gasteiger partial charge in [-0.05, 0) is 46.6 Å². The number of carbonyl (C=O) groups excluding carboxylic acids is 1. The Morgan fingerprint density at radius 3 is 2.96 bits per heavy atom. The number of amides is 1. The zero-order chi connectivity index (χ0) is 17.4. The lowest BCUT2D eigenvalue weighted by atomic mass is 10.1. The summed E-state index contributed by atoms with van der Waals surface area (Å²) in [5, 5.41) is 5.29. The molecule has 1 aliphatic heterocycles. The van der Waals surface area contributed by atoms with Gasteiger partial charge in [0, 0.05) is 16.7 Å². The summed E-state index contributed by atoms with van der Waals surface area (Å²) in [4.78, 5) is 17.8. The molecular formula is C17H13BrN2O3S2. The number of aromatic nitrogens is 1. The number of rotatable bonds is 4. The Morgan fingerprint density at radius 2 is 2.16 bits per heavy atom. The average molecular weight is 437 g/mol. The second-order valence-electron chi connectivity index (χ2n) is 5.49. The minimum atomic E-state index is -0.148. The lowest BCUT2D eigenvalue weighted by Gasteiger charge is -2.02. The van der Waals surface area contributed by atoms with E-state index in [9.17, 15) is 4.79 Å². The maximum Gasteiger partial charge on any atom is 0.258 e. The minimum Gasteiger partial charge on any atom is -0.454 e. The SMILES string of the molecule is Cc1nc(NC(=O)c2csc(Br)c2)sc1Cc1ccc2c(c1)OCO2. The predicted octanol–water partition coefficient (Wildman–Crippen LogP) is 4.85. The fraction of sp³-hybridized carbons (Fsp3) is 0.176.